The van der Waals surface area contributed by atoms with E-state index in [2.05, 4.69) is 27.1 Å². The molecule has 2 aliphatic heterocycles. The lowest BCUT2D eigenvalue weighted by molar-refractivity contribution is 0.465. The SMILES string of the molecule is c1ccc2c(c1)Oc1ccc(-c3ncncn3)c3c1B2c1ccccc1O3. The Morgan fingerprint density at radius 2 is 1.33 bits per heavy atom. The third-order valence-electron chi connectivity index (χ3n) is 5.07. The van der Waals surface area contributed by atoms with Gasteiger partial charge in [0.25, 0.3) is 6.71 Å². The Labute approximate surface area is 155 Å². The zero-order valence-electron chi connectivity index (χ0n) is 14.2. The molecule has 3 heterocycles. The summed E-state index contributed by atoms with van der Waals surface area (Å²) < 4.78 is 12.5. The summed E-state index contributed by atoms with van der Waals surface area (Å²) in [6.07, 6.45) is 2.99. The van der Waals surface area contributed by atoms with E-state index in [-0.39, 0.29) is 6.71 Å². The molecule has 0 saturated heterocycles. The van der Waals surface area contributed by atoms with E-state index in [0.29, 0.717) is 5.82 Å². The Morgan fingerprint density at radius 1 is 0.667 bits per heavy atom. The minimum Gasteiger partial charge on any atom is -0.458 e. The van der Waals surface area contributed by atoms with E-state index < -0.39 is 0 Å². The molecule has 0 N–H and O–H groups in total. The number of rotatable bonds is 1. The van der Waals surface area contributed by atoms with Gasteiger partial charge in [-0.05, 0) is 35.2 Å². The van der Waals surface area contributed by atoms with Crippen molar-refractivity contribution in [2.24, 2.45) is 0 Å². The summed E-state index contributed by atoms with van der Waals surface area (Å²) in [5.41, 5.74) is 4.12. The van der Waals surface area contributed by atoms with E-state index in [1.54, 1.807) is 0 Å². The van der Waals surface area contributed by atoms with Crippen LogP contribution in [0.5, 0.6) is 23.0 Å². The average molecular weight is 349 g/mol. The van der Waals surface area contributed by atoms with Gasteiger partial charge in [0.1, 0.15) is 35.7 Å². The van der Waals surface area contributed by atoms with Gasteiger partial charge in [0.05, 0.1) is 5.56 Å². The van der Waals surface area contributed by atoms with E-state index in [1.807, 2.05) is 48.5 Å². The van der Waals surface area contributed by atoms with Gasteiger partial charge >= 0.3 is 0 Å². The van der Waals surface area contributed by atoms with E-state index in [9.17, 15) is 0 Å². The topological polar surface area (TPSA) is 57.1 Å². The van der Waals surface area contributed by atoms with Crippen LogP contribution in [0.25, 0.3) is 11.4 Å². The highest BCUT2D eigenvalue weighted by Crippen LogP contribution is 2.39. The van der Waals surface area contributed by atoms with Gasteiger partial charge in [-0.15, -0.1) is 0 Å². The molecule has 0 aliphatic carbocycles. The van der Waals surface area contributed by atoms with Crippen molar-refractivity contribution in [3.8, 4) is 34.4 Å². The fraction of sp³-hybridized carbons (Fsp3) is 0. The molecule has 0 saturated carbocycles. The van der Waals surface area contributed by atoms with Crippen molar-refractivity contribution in [1.82, 2.24) is 15.0 Å². The predicted octanol–water partition coefficient (Wildman–Crippen LogP) is 2.27. The van der Waals surface area contributed by atoms with Crippen molar-refractivity contribution in [2.75, 3.05) is 0 Å². The molecular weight excluding hydrogens is 337 g/mol. The average Bonchev–Trinajstić information content (AvgIpc) is 2.74. The highest BCUT2D eigenvalue weighted by Gasteiger charge is 2.41. The molecule has 3 aromatic carbocycles. The Morgan fingerprint density at radius 3 is 2.07 bits per heavy atom. The number of fused-ring (bicyclic) bond motifs is 4. The monoisotopic (exact) mass is 349 g/mol. The number of aromatic nitrogens is 3. The smallest absolute Gasteiger partial charge is 0.260 e. The van der Waals surface area contributed by atoms with Crippen LogP contribution in [0.15, 0.2) is 73.3 Å². The number of hydrogen-bond donors (Lipinski definition) is 0. The highest BCUT2D eigenvalue weighted by molar-refractivity contribution is 6.98. The van der Waals surface area contributed by atoms with Crippen LogP contribution in [0.4, 0.5) is 0 Å². The van der Waals surface area contributed by atoms with Crippen LogP contribution < -0.4 is 25.9 Å². The fourth-order valence-electron chi connectivity index (χ4n) is 3.94. The molecule has 0 radical (unpaired) electrons. The number of nitrogens with zero attached hydrogens (tertiary/aromatic N) is 3. The summed E-state index contributed by atoms with van der Waals surface area (Å²) in [6, 6.07) is 20.2. The van der Waals surface area contributed by atoms with Gasteiger partial charge in [-0.25, -0.2) is 15.0 Å². The van der Waals surface area contributed by atoms with Crippen molar-refractivity contribution in [2.45, 2.75) is 0 Å². The first-order valence-electron chi connectivity index (χ1n) is 8.73. The quantitative estimate of drug-likeness (QED) is 0.426. The number of para-hydroxylation sites is 2. The maximum absolute atomic E-state index is 6.34. The maximum atomic E-state index is 6.34. The lowest BCUT2D eigenvalue weighted by Crippen LogP contribution is -2.57. The maximum Gasteiger partial charge on any atom is 0.260 e. The van der Waals surface area contributed by atoms with Gasteiger partial charge in [-0.1, -0.05) is 36.4 Å². The van der Waals surface area contributed by atoms with Crippen molar-refractivity contribution >= 4 is 23.1 Å². The first-order valence-corrected chi connectivity index (χ1v) is 8.73. The van der Waals surface area contributed by atoms with Gasteiger partial charge in [0, 0.05) is 5.46 Å². The van der Waals surface area contributed by atoms with Crippen LogP contribution in [-0.4, -0.2) is 21.7 Å². The Bertz CT molecular complexity index is 1190. The third-order valence-corrected chi connectivity index (χ3v) is 5.07. The molecule has 0 bridgehead atoms. The Hall–Kier alpha value is -3.67. The zero-order chi connectivity index (χ0) is 17.8. The van der Waals surface area contributed by atoms with Crippen molar-refractivity contribution < 1.29 is 9.47 Å². The van der Waals surface area contributed by atoms with E-state index in [0.717, 1.165) is 44.9 Å². The van der Waals surface area contributed by atoms with Gasteiger partial charge in [-0.2, -0.15) is 0 Å². The lowest BCUT2D eigenvalue weighted by Gasteiger charge is -2.33. The second kappa shape index (κ2) is 5.41. The standard InChI is InChI=1S/C21H12BN3O2/c1-3-7-16-14(5-1)22-15-6-2-4-8-17(15)27-20-13(21-24-11-23-12-25-21)9-10-18(26-16)19(20)22/h1-12H. The van der Waals surface area contributed by atoms with Crippen LogP contribution in [0, 0.1) is 0 Å². The molecule has 0 fully saturated rings. The molecule has 1 aromatic heterocycles. The number of ether oxygens (including phenoxy) is 2. The Kier molecular flexibility index (Phi) is 2.91. The van der Waals surface area contributed by atoms with Gasteiger partial charge in [0.15, 0.2) is 5.82 Å². The lowest BCUT2D eigenvalue weighted by atomic mass is 9.34. The highest BCUT2D eigenvalue weighted by atomic mass is 16.5. The molecule has 2 aliphatic rings. The molecule has 5 nitrogen and oxygen atoms in total. The van der Waals surface area contributed by atoms with E-state index >= 15 is 0 Å². The van der Waals surface area contributed by atoms with Crippen LogP contribution in [0.3, 0.4) is 0 Å². The van der Waals surface area contributed by atoms with Crippen molar-refractivity contribution in [3.05, 3.63) is 73.3 Å². The summed E-state index contributed by atoms with van der Waals surface area (Å²) >= 11 is 0. The zero-order valence-corrected chi connectivity index (χ0v) is 14.2. The molecular formula is C21H12BN3O2. The van der Waals surface area contributed by atoms with Gasteiger partial charge in [0.2, 0.25) is 0 Å². The summed E-state index contributed by atoms with van der Waals surface area (Å²) in [4.78, 5) is 12.5. The second-order valence-electron chi connectivity index (χ2n) is 6.53. The van der Waals surface area contributed by atoms with Gasteiger partial charge < -0.3 is 9.47 Å². The Balaban J connectivity index is 1.68. The first-order chi connectivity index (χ1) is 13.4. The molecule has 0 unspecified atom stereocenters. The summed E-state index contributed by atoms with van der Waals surface area (Å²) in [5, 5.41) is 0. The van der Waals surface area contributed by atoms with Crippen molar-refractivity contribution in [3.63, 3.8) is 0 Å². The molecule has 27 heavy (non-hydrogen) atoms. The molecule has 0 spiro atoms. The molecule has 4 aromatic rings. The molecule has 0 atom stereocenters. The van der Waals surface area contributed by atoms with E-state index in [1.165, 1.54) is 12.7 Å². The van der Waals surface area contributed by atoms with Crippen LogP contribution in [0.1, 0.15) is 0 Å². The van der Waals surface area contributed by atoms with Crippen molar-refractivity contribution in [1.29, 1.82) is 0 Å². The number of benzene rings is 3. The van der Waals surface area contributed by atoms with E-state index in [4.69, 9.17) is 9.47 Å². The third kappa shape index (κ3) is 2.04. The first kappa shape index (κ1) is 14.5. The molecule has 6 rings (SSSR count). The second-order valence-corrected chi connectivity index (χ2v) is 6.53. The largest absolute Gasteiger partial charge is 0.458 e. The summed E-state index contributed by atoms with van der Waals surface area (Å²) in [6.45, 7) is 0.0479. The minimum atomic E-state index is 0.0479. The van der Waals surface area contributed by atoms with Crippen LogP contribution in [0.2, 0.25) is 0 Å². The number of hydrogen-bond acceptors (Lipinski definition) is 5. The fourth-order valence-corrected chi connectivity index (χ4v) is 3.94. The normalized spacial score (nSPS) is 13.0. The summed E-state index contributed by atoms with van der Waals surface area (Å²) in [7, 11) is 0. The summed E-state index contributed by atoms with van der Waals surface area (Å²) in [5.74, 6) is 3.86. The predicted molar refractivity (Wildman–Crippen MR) is 103 cm³/mol. The molecule has 0 amide bonds. The molecule has 126 valence electrons. The van der Waals surface area contributed by atoms with Gasteiger partial charge in [-0.3, -0.25) is 0 Å². The molecule has 6 heteroatoms. The minimum absolute atomic E-state index is 0.0479. The van der Waals surface area contributed by atoms with Crippen LogP contribution in [-0.2, 0) is 0 Å². The van der Waals surface area contributed by atoms with Crippen LogP contribution >= 0.6 is 0 Å².